The monoisotopic (exact) mass is 199 g/mol. The second-order valence-electron chi connectivity index (χ2n) is 1.76. The minimum atomic E-state index is 0.452. The molecular weight excluding hydrogens is 194 g/mol. The Morgan fingerprint density at radius 3 is 2.40 bits per heavy atom. The summed E-state index contributed by atoms with van der Waals surface area (Å²) in [7, 11) is 0. The van der Waals surface area contributed by atoms with E-state index in [2.05, 4.69) is 21.1 Å². The average Bonchev–Trinajstić information content (AvgIpc) is 2.05. The van der Waals surface area contributed by atoms with E-state index in [0.29, 0.717) is 4.62 Å². The Hall–Kier alpha value is -0.830. The van der Waals surface area contributed by atoms with E-state index >= 15 is 0 Å². The standard InChI is InChI=1S/C7H6BrNO/c8-7(9-10)6-4-2-1-3-5-6/h1-5,10H. The van der Waals surface area contributed by atoms with Crippen molar-refractivity contribution in [2.24, 2.45) is 5.16 Å². The number of oxime groups is 1. The Bertz CT molecular complexity index is 233. The van der Waals surface area contributed by atoms with Gasteiger partial charge in [0.15, 0.2) is 4.62 Å². The van der Waals surface area contributed by atoms with Crippen LogP contribution in [0.15, 0.2) is 35.5 Å². The summed E-state index contributed by atoms with van der Waals surface area (Å²) < 4.78 is 0.452. The summed E-state index contributed by atoms with van der Waals surface area (Å²) in [5.74, 6) is 0. The highest BCUT2D eigenvalue weighted by Gasteiger charge is 1.94. The minimum Gasteiger partial charge on any atom is -0.410 e. The van der Waals surface area contributed by atoms with Crippen LogP contribution in [0.2, 0.25) is 0 Å². The Morgan fingerprint density at radius 1 is 1.30 bits per heavy atom. The summed E-state index contributed by atoms with van der Waals surface area (Å²) in [4.78, 5) is 0. The molecule has 0 atom stereocenters. The van der Waals surface area contributed by atoms with Crippen LogP contribution in [0, 0.1) is 0 Å². The quantitative estimate of drug-likeness (QED) is 0.420. The Morgan fingerprint density at radius 2 is 1.90 bits per heavy atom. The molecule has 0 unspecified atom stereocenters. The lowest BCUT2D eigenvalue weighted by Crippen LogP contribution is -1.87. The maximum atomic E-state index is 8.33. The van der Waals surface area contributed by atoms with Crippen LogP contribution in [-0.2, 0) is 0 Å². The fourth-order valence-electron chi connectivity index (χ4n) is 0.633. The molecule has 0 aliphatic carbocycles. The predicted octanol–water partition coefficient (Wildman–Crippen LogP) is 2.22. The van der Waals surface area contributed by atoms with Crippen LogP contribution in [0.3, 0.4) is 0 Å². The first-order chi connectivity index (χ1) is 4.84. The van der Waals surface area contributed by atoms with Gasteiger partial charge in [-0.1, -0.05) is 35.5 Å². The van der Waals surface area contributed by atoms with Crippen LogP contribution in [0.4, 0.5) is 0 Å². The highest BCUT2D eigenvalue weighted by atomic mass is 79.9. The third-order valence-electron chi connectivity index (χ3n) is 1.10. The third kappa shape index (κ3) is 1.57. The molecule has 0 fully saturated rings. The molecule has 0 bridgehead atoms. The Kier molecular flexibility index (Phi) is 2.45. The summed E-state index contributed by atoms with van der Waals surface area (Å²) in [5.41, 5.74) is 0.866. The smallest absolute Gasteiger partial charge is 0.152 e. The second kappa shape index (κ2) is 3.37. The highest BCUT2D eigenvalue weighted by Crippen LogP contribution is 2.04. The summed E-state index contributed by atoms with van der Waals surface area (Å²) in [6, 6.07) is 9.36. The molecule has 10 heavy (non-hydrogen) atoms. The Labute approximate surface area is 67.3 Å². The molecule has 0 spiro atoms. The van der Waals surface area contributed by atoms with Crippen molar-refractivity contribution in [1.82, 2.24) is 0 Å². The lowest BCUT2D eigenvalue weighted by Gasteiger charge is -1.92. The molecule has 3 heteroatoms. The van der Waals surface area contributed by atoms with Gasteiger partial charge in [-0.25, -0.2) is 0 Å². The minimum absolute atomic E-state index is 0.452. The van der Waals surface area contributed by atoms with Gasteiger partial charge in [-0.15, -0.1) is 0 Å². The van der Waals surface area contributed by atoms with Crippen LogP contribution in [0.1, 0.15) is 5.56 Å². The molecule has 1 aromatic carbocycles. The topological polar surface area (TPSA) is 32.6 Å². The predicted molar refractivity (Wildman–Crippen MR) is 43.7 cm³/mol. The van der Waals surface area contributed by atoms with Gasteiger partial charge >= 0.3 is 0 Å². The van der Waals surface area contributed by atoms with Crippen molar-refractivity contribution in [2.75, 3.05) is 0 Å². The van der Waals surface area contributed by atoms with Gasteiger partial charge in [-0.2, -0.15) is 0 Å². The summed E-state index contributed by atoms with van der Waals surface area (Å²) in [5, 5.41) is 11.3. The van der Waals surface area contributed by atoms with Crippen LogP contribution < -0.4 is 0 Å². The number of hydrogen-bond acceptors (Lipinski definition) is 2. The van der Waals surface area contributed by atoms with Gasteiger partial charge in [-0.3, -0.25) is 0 Å². The van der Waals surface area contributed by atoms with E-state index in [1.165, 1.54) is 0 Å². The molecule has 0 aliphatic heterocycles. The van der Waals surface area contributed by atoms with Crippen molar-refractivity contribution < 1.29 is 5.21 Å². The van der Waals surface area contributed by atoms with Crippen molar-refractivity contribution in [1.29, 1.82) is 0 Å². The van der Waals surface area contributed by atoms with Gasteiger partial charge in [0.2, 0.25) is 0 Å². The molecule has 0 aromatic heterocycles. The molecule has 1 aromatic rings. The molecule has 0 aliphatic rings. The van der Waals surface area contributed by atoms with E-state index in [-0.39, 0.29) is 0 Å². The summed E-state index contributed by atoms with van der Waals surface area (Å²) >= 11 is 3.08. The summed E-state index contributed by atoms with van der Waals surface area (Å²) in [6.45, 7) is 0. The van der Waals surface area contributed by atoms with Crippen molar-refractivity contribution in [2.45, 2.75) is 0 Å². The van der Waals surface area contributed by atoms with Gasteiger partial charge < -0.3 is 5.21 Å². The Balaban J connectivity index is 2.96. The molecule has 1 rings (SSSR count). The zero-order valence-electron chi connectivity index (χ0n) is 5.16. The molecule has 0 radical (unpaired) electrons. The molecule has 0 saturated heterocycles. The first-order valence-corrected chi connectivity index (χ1v) is 3.57. The molecule has 0 saturated carbocycles. The number of hydrogen-bond donors (Lipinski definition) is 1. The molecule has 2 nitrogen and oxygen atoms in total. The van der Waals surface area contributed by atoms with Crippen molar-refractivity contribution in [3.8, 4) is 0 Å². The molecule has 1 N–H and O–H groups in total. The maximum absolute atomic E-state index is 8.33. The average molecular weight is 200 g/mol. The highest BCUT2D eigenvalue weighted by molar-refractivity contribution is 9.18. The van der Waals surface area contributed by atoms with E-state index in [0.717, 1.165) is 5.56 Å². The number of nitrogens with zero attached hydrogens (tertiary/aromatic N) is 1. The van der Waals surface area contributed by atoms with E-state index in [1.807, 2.05) is 30.3 Å². The van der Waals surface area contributed by atoms with Gasteiger partial charge in [0.1, 0.15) is 0 Å². The zero-order chi connectivity index (χ0) is 7.40. The zero-order valence-corrected chi connectivity index (χ0v) is 6.75. The lowest BCUT2D eigenvalue weighted by molar-refractivity contribution is 0.321. The van der Waals surface area contributed by atoms with Crippen LogP contribution in [0.5, 0.6) is 0 Å². The fourth-order valence-corrected chi connectivity index (χ4v) is 0.898. The van der Waals surface area contributed by atoms with E-state index in [9.17, 15) is 0 Å². The molecule has 0 heterocycles. The van der Waals surface area contributed by atoms with Crippen LogP contribution >= 0.6 is 15.9 Å². The third-order valence-corrected chi connectivity index (χ3v) is 1.72. The maximum Gasteiger partial charge on any atom is 0.152 e. The molecule has 0 amide bonds. The van der Waals surface area contributed by atoms with E-state index in [1.54, 1.807) is 0 Å². The number of benzene rings is 1. The first-order valence-electron chi connectivity index (χ1n) is 2.77. The second-order valence-corrected chi connectivity index (χ2v) is 2.51. The number of halogens is 1. The lowest BCUT2D eigenvalue weighted by atomic mass is 10.2. The normalized spacial score (nSPS) is 11.5. The SMILES string of the molecule is ON=C(Br)c1ccccc1. The van der Waals surface area contributed by atoms with Gasteiger partial charge in [0.25, 0.3) is 0 Å². The van der Waals surface area contributed by atoms with E-state index in [4.69, 9.17) is 5.21 Å². The first kappa shape index (κ1) is 7.28. The van der Waals surface area contributed by atoms with Crippen LogP contribution in [0.25, 0.3) is 0 Å². The van der Waals surface area contributed by atoms with Crippen molar-refractivity contribution in [3.63, 3.8) is 0 Å². The van der Waals surface area contributed by atoms with Crippen molar-refractivity contribution >= 4 is 20.6 Å². The van der Waals surface area contributed by atoms with Gasteiger partial charge in [0.05, 0.1) is 0 Å². The molecular formula is C7H6BrNO. The number of rotatable bonds is 1. The van der Waals surface area contributed by atoms with E-state index < -0.39 is 0 Å². The molecule has 52 valence electrons. The fraction of sp³-hybridized carbons (Fsp3) is 0. The summed E-state index contributed by atoms with van der Waals surface area (Å²) in [6.07, 6.45) is 0. The van der Waals surface area contributed by atoms with Gasteiger partial charge in [-0.05, 0) is 15.9 Å². The van der Waals surface area contributed by atoms with Gasteiger partial charge in [0, 0.05) is 5.56 Å². The van der Waals surface area contributed by atoms with Crippen LogP contribution in [-0.4, -0.2) is 9.83 Å². The van der Waals surface area contributed by atoms with Crippen molar-refractivity contribution in [3.05, 3.63) is 35.9 Å². The largest absolute Gasteiger partial charge is 0.410 e.